The number of rotatable bonds is 5. The SMILES string of the molecule is CCC1CCC(CN)(C(O)c2cncn2C2CC2)CC1. The van der Waals surface area contributed by atoms with Crippen molar-refractivity contribution in [1.82, 2.24) is 9.55 Å². The van der Waals surface area contributed by atoms with Gasteiger partial charge in [-0.3, -0.25) is 0 Å². The number of hydrogen-bond donors (Lipinski definition) is 2. The third-order valence-corrected chi connectivity index (χ3v) is 5.58. The number of hydrogen-bond acceptors (Lipinski definition) is 3. The van der Waals surface area contributed by atoms with Crippen molar-refractivity contribution in [3.05, 3.63) is 18.2 Å². The second-order valence-electron chi connectivity index (χ2n) is 6.78. The molecular formula is C16H27N3O. The second kappa shape index (κ2) is 5.49. The zero-order chi connectivity index (χ0) is 14.2. The van der Waals surface area contributed by atoms with Gasteiger partial charge < -0.3 is 15.4 Å². The Labute approximate surface area is 121 Å². The molecule has 2 saturated carbocycles. The van der Waals surface area contributed by atoms with Crippen molar-refractivity contribution in [3.63, 3.8) is 0 Å². The monoisotopic (exact) mass is 277 g/mol. The van der Waals surface area contributed by atoms with Gasteiger partial charge in [0.15, 0.2) is 0 Å². The summed E-state index contributed by atoms with van der Waals surface area (Å²) >= 11 is 0. The maximum absolute atomic E-state index is 11.0. The molecule has 0 saturated heterocycles. The van der Waals surface area contributed by atoms with Gasteiger partial charge in [0, 0.05) is 18.0 Å². The molecule has 1 aromatic rings. The largest absolute Gasteiger partial charge is 0.386 e. The van der Waals surface area contributed by atoms with Gasteiger partial charge in [0.25, 0.3) is 0 Å². The molecule has 1 heterocycles. The molecule has 0 aromatic carbocycles. The van der Waals surface area contributed by atoms with E-state index in [1.54, 1.807) is 0 Å². The Morgan fingerprint density at radius 3 is 2.65 bits per heavy atom. The van der Waals surface area contributed by atoms with Crippen molar-refractivity contribution in [2.24, 2.45) is 17.1 Å². The van der Waals surface area contributed by atoms with Gasteiger partial charge in [-0.25, -0.2) is 4.98 Å². The smallest absolute Gasteiger partial charge is 0.102 e. The summed E-state index contributed by atoms with van der Waals surface area (Å²) in [6.45, 7) is 2.83. The Kier molecular flexibility index (Phi) is 3.87. The predicted octanol–water partition coefficient (Wildman–Crippen LogP) is 2.80. The lowest BCUT2D eigenvalue weighted by Crippen LogP contribution is -2.40. The molecule has 2 aliphatic rings. The van der Waals surface area contributed by atoms with E-state index in [0.29, 0.717) is 12.6 Å². The van der Waals surface area contributed by atoms with Gasteiger partial charge in [-0.05, 0) is 44.4 Å². The summed E-state index contributed by atoms with van der Waals surface area (Å²) in [6.07, 6.45) is 11.4. The molecule has 3 N–H and O–H groups in total. The van der Waals surface area contributed by atoms with Crippen molar-refractivity contribution in [2.75, 3.05) is 6.54 Å². The summed E-state index contributed by atoms with van der Waals surface area (Å²) in [5, 5.41) is 11.0. The van der Waals surface area contributed by atoms with E-state index in [1.807, 2.05) is 12.5 Å². The second-order valence-corrected chi connectivity index (χ2v) is 6.78. The first kappa shape index (κ1) is 14.1. The molecule has 20 heavy (non-hydrogen) atoms. The van der Waals surface area contributed by atoms with Crippen LogP contribution < -0.4 is 5.73 Å². The van der Waals surface area contributed by atoms with Gasteiger partial charge in [-0.1, -0.05) is 13.3 Å². The first-order chi connectivity index (χ1) is 9.70. The van der Waals surface area contributed by atoms with Crippen LogP contribution in [0.3, 0.4) is 0 Å². The summed E-state index contributed by atoms with van der Waals surface area (Å²) < 4.78 is 2.17. The van der Waals surface area contributed by atoms with Gasteiger partial charge in [0.1, 0.15) is 6.10 Å². The van der Waals surface area contributed by atoms with Gasteiger partial charge in [0.05, 0.1) is 18.2 Å². The minimum Gasteiger partial charge on any atom is -0.386 e. The Balaban J connectivity index is 1.80. The Morgan fingerprint density at radius 2 is 2.10 bits per heavy atom. The van der Waals surface area contributed by atoms with Gasteiger partial charge in [-0.15, -0.1) is 0 Å². The lowest BCUT2D eigenvalue weighted by atomic mass is 9.66. The molecule has 2 aliphatic carbocycles. The molecular weight excluding hydrogens is 250 g/mol. The lowest BCUT2D eigenvalue weighted by Gasteiger charge is -2.42. The molecule has 0 radical (unpaired) electrons. The summed E-state index contributed by atoms with van der Waals surface area (Å²) in [5.74, 6) is 0.815. The Hall–Kier alpha value is -0.870. The maximum atomic E-state index is 11.0. The highest BCUT2D eigenvalue weighted by Gasteiger charge is 2.42. The molecule has 0 aliphatic heterocycles. The van der Waals surface area contributed by atoms with E-state index < -0.39 is 6.10 Å². The minimum absolute atomic E-state index is 0.141. The zero-order valence-electron chi connectivity index (χ0n) is 12.5. The van der Waals surface area contributed by atoms with E-state index in [0.717, 1.165) is 24.5 Å². The molecule has 4 heteroatoms. The third kappa shape index (κ3) is 2.40. The number of nitrogens with two attached hydrogens (primary N) is 1. The van der Waals surface area contributed by atoms with Gasteiger partial charge in [0.2, 0.25) is 0 Å². The fourth-order valence-corrected chi connectivity index (χ4v) is 3.75. The van der Waals surface area contributed by atoms with E-state index in [-0.39, 0.29) is 5.41 Å². The molecule has 0 amide bonds. The lowest BCUT2D eigenvalue weighted by molar-refractivity contribution is -0.0150. The summed E-state index contributed by atoms with van der Waals surface area (Å²) in [6, 6.07) is 0.559. The van der Waals surface area contributed by atoms with Crippen molar-refractivity contribution < 1.29 is 5.11 Å². The summed E-state index contributed by atoms with van der Waals surface area (Å²) in [7, 11) is 0. The van der Waals surface area contributed by atoms with E-state index in [9.17, 15) is 5.11 Å². The molecule has 112 valence electrons. The van der Waals surface area contributed by atoms with E-state index in [2.05, 4.69) is 16.5 Å². The third-order valence-electron chi connectivity index (χ3n) is 5.58. The molecule has 2 fully saturated rings. The molecule has 0 spiro atoms. The average molecular weight is 277 g/mol. The highest BCUT2D eigenvalue weighted by Crippen LogP contribution is 2.48. The van der Waals surface area contributed by atoms with Crippen molar-refractivity contribution >= 4 is 0 Å². The van der Waals surface area contributed by atoms with E-state index in [4.69, 9.17) is 5.73 Å². The number of nitrogens with zero attached hydrogens (tertiary/aromatic N) is 2. The standard InChI is InChI=1S/C16H27N3O/c1-2-12-5-7-16(10-17,8-6-12)15(20)14-9-18-11-19(14)13-3-4-13/h9,11-13,15,20H,2-8,10,17H2,1H3. The van der Waals surface area contributed by atoms with Crippen molar-refractivity contribution in [2.45, 2.75) is 64.0 Å². The molecule has 3 rings (SSSR count). The Morgan fingerprint density at radius 1 is 1.40 bits per heavy atom. The maximum Gasteiger partial charge on any atom is 0.102 e. The van der Waals surface area contributed by atoms with Crippen LogP contribution in [0.4, 0.5) is 0 Å². The highest BCUT2D eigenvalue weighted by molar-refractivity contribution is 5.12. The number of imidazole rings is 1. The van der Waals surface area contributed by atoms with E-state index in [1.165, 1.54) is 32.1 Å². The van der Waals surface area contributed by atoms with Crippen molar-refractivity contribution in [1.29, 1.82) is 0 Å². The molecule has 1 aromatic heterocycles. The molecule has 0 bridgehead atoms. The molecule has 1 unspecified atom stereocenters. The summed E-state index contributed by atoms with van der Waals surface area (Å²) in [5.41, 5.74) is 6.92. The van der Waals surface area contributed by atoms with Gasteiger partial charge in [-0.2, -0.15) is 0 Å². The first-order valence-corrected chi connectivity index (χ1v) is 8.10. The summed E-state index contributed by atoms with van der Waals surface area (Å²) in [4.78, 5) is 4.26. The van der Waals surface area contributed by atoms with Gasteiger partial charge >= 0.3 is 0 Å². The van der Waals surface area contributed by atoms with Crippen LogP contribution in [-0.2, 0) is 0 Å². The number of aliphatic hydroxyl groups is 1. The van der Waals surface area contributed by atoms with Crippen LogP contribution in [0.25, 0.3) is 0 Å². The predicted molar refractivity (Wildman–Crippen MR) is 79.2 cm³/mol. The molecule has 4 nitrogen and oxygen atoms in total. The van der Waals surface area contributed by atoms with Crippen LogP contribution >= 0.6 is 0 Å². The quantitative estimate of drug-likeness (QED) is 0.870. The average Bonchev–Trinajstić information content (AvgIpc) is 3.23. The van der Waals surface area contributed by atoms with Crippen LogP contribution in [-0.4, -0.2) is 21.2 Å². The number of aliphatic hydroxyl groups excluding tert-OH is 1. The Bertz CT molecular complexity index is 444. The van der Waals surface area contributed by atoms with Crippen LogP contribution in [0.15, 0.2) is 12.5 Å². The highest BCUT2D eigenvalue weighted by atomic mass is 16.3. The topological polar surface area (TPSA) is 64.1 Å². The van der Waals surface area contributed by atoms with E-state index >= 15 is 0 Å². The fraction of sp³-hybridized carbons (Fsp3) is 0.812. The minimum atomic E-state index is -0.464. The van der Waals surface area contributed by atoms with Crippen LogP contribution in [0.5, 0.6) is 0 Å². The zero-order valence-corrected chi connectivity index (χ0v) is 12.5. The van der Waals surface area contributed by atoms with Crippen LogP contribution in [0.1, 0.15) is 69.7 Å². The molecule has 1 atom stereocenters. The fourth-order valence-electron chi connectivity index (χ4n) is 3.75. The first-order valence-electron chi connectivity index (χ1n) is 8.10. The number of aromatic nitrogens is 2. The van der Waals surface area contributed by atoms with Crippen LogP contribution in [0, 0.1) is 11.3 Å². The van der Waals surface area contributed by atoms with Crippen molar-refractivity contribution in [3.8, 4) is 0 Å². The normalized spacial score (nSPS) is 32.2. The van der Waals surface area contributed by atoms with Crippen LogP contribution in [0.2, 0.25) is 0 Å².